The third-order valence-electron chi connectivity index (χ3n) is 4.95. The van der Waals surface area contributed by atoms with E-state index in [0.717, 1.165) is 12.1 Å². The number of morpholine rings is 1. The van der Waals surface area contributed by atoms with E-state index in [4.69, 9.17) is 9.47 Å². The maximum Gasteiger partial charge on any atom is 0.338 e. The van der Waals surface area contributed by atoms with E-state index in [-0.39, 0.29) is 18.2 Å². The number of rotatable bonds is 5. The highest BCUT2D eigenvalue weighted by atomic mass is 16.5. The maximum absolute atomic E-state index is 12.8. The summed E-state index contributed by atoms with van der Waals surface area (Å²) in [6.07, 6.45) is 0. The number of ether oxygens (including phenoxy) is 2. The predicted molar refractivity (Wildman–Crippen MR) is 101 cm³/mol. The summed E-state index contributed by atoms with van der Waals surface area (Å²) in [5.74, 6) is -0.417. The molecule has 1 atom stereocenters. The van der Waals surface area contributed by atoms with E-state index in [1.54, 1.807) is 6.92 Å². The van der Waals surface area contributed by atoms with Crippen LogP contribution in [0.15, 0.2) is 41.6 Å². The average molecular weight is 373 g/mol. The molecule has 0 aromatic heterocycles. The van der Waals surface area contributed by atoms with Gasteiger partial charge in [-0.25, -0.2) is 9.59 Å². The second kappa shape index (κ2) is 8.10. The summed E-state index contributed by atoms with van der Waals surface area (Å²) in [7, 11) is 0. The van der Waals surface area contributed by atoms with Crippen LogP contribution in [0.5, 0.6) is 0 Å². The highest BCUT2D eigenvalue weighted by Gasteiger charge is 2.37. The van der Waals surface area contributed by atoms with Crippen molar-refractivity contribution in [1.29, 1.82) is 0 Å². The molecule has 1 saturated heterocycles. The zero-order chi connectivity index (χ0) is 19.4. The molecule has 2 heterocycles. The van der Waals surface area contributed by atoms with Gasteiger partial charge in [0.1, 0.15) is 0 Å². The number of hydrogen-bond donors (Lipinski definition) is 2. The molecular weight excluding hydrogens is 346 g/mol. The van der Waals surface area contributed by atoms with E-state index < -0.39 is 12.0 Å². The quantitative estimate of drug-likeness (QED) is 0.772. The number of hydrogen-bond acceptors (Lipinski definition) is 5. The van der Waals surface area contributed by atoms with Crippen molar-refractivity contribution in [3.05, 3.63) is 47.2 Å². The van der Waals surface area contributed by atoms with Gasteiger partial charge in [-0.1, -0.05) is 30.3 Å². The van der Waals surface area contributed by atoms with Crippen molar-refractivity contribution >= 4 is 12.0 Å². The Morgan fingerprint density at radius 3 is 2.74 bits per heavy atom. The van der Waals surface area contributed by atoms with Crippen molar-refractivity contribution in [2.45, 2.75) is 32.4 Å². The normalized spacial score (nSPS) is 22.8. The standard InChI is InChI=1S/C20H27N3O4/c1-4-27-18(24)16-15(12-23-10-11-26-13-20(23,2)3)21-19(25)22-17(16)14-8-6-5-7-9-14/h5-9,17H,4,10-13H2,1-3H3,(H2,21,22,25). The summed E-state index contributed by atoms with van der Waals surface area (Å²) in [5, 5.41) is 5.69. The molecule has 7 nitrogen and oxygen atoms in total. The zero-order valence-corrected chi connectivity index (χ0v) is 16.1. The second-order valence-corrected chi connectivity index (χ2v) is 7.34. The minimum absolute atomic E-state index is 0.192. The van der Waals surface area contributed by atoms with Crippen molar-refractivity contribution in [3.8, 4) is 0 Å². The highest BCUT2D eigenvalue weighted by molar-refractivity contribution is 5.95. The average Bonchev–Trinajstić information content (AvgIpc) is 2.64. The fourth-order valence-corrected chi connectivity index (χ4v) is 3.46. The van der Waals surface area contributed by atoms with E-state index >= 15 is 0 Å². The van der Waals surface area contributed by atoms with Gasteiger partial charge < -0.3 is 20.1 Å². The van der Waals surface area contributed by atoms with Gasteiger partial charge in [-0.05, 0) is 26.3 Å². The van der Waals surface area contributed by atoms with Gasteiger partial charge in [0, 0.05) is 24.3 Å². The monoisotopic (exact) mass is 373 g/mol. The Balaban J connectivity index is 2.00. The fourth-order valence-electron chi connectivity index (χ4n) is 3.46. The molecule has 0 aliphatic carbocycles. The molecule has 27 heavy (non-hydrogen) atoms. The van der Waals surface area contributed by atoms with Gasteiger partial charge in [-0.2, -0.15) is 0 Å². The van der Waals surface area contributed by atoms with Gasteiger partial charge in [-0.15, -0.1) is 0 Å². The Bertz CT molecular complexity index is 730. The molecule has 1 aromatic rings. The van der Waals surface area contributed by atoms with Gasteiger partial charge in [0.25, 0.3) is 0 Å². The number of amides is 2. The molecule has 0 radical (unpaired) electrons. The van der Waals surface area contributed by atoms with Crippen LogP contribution in [0.2, 0.25) is 0 Å². The van der Waals surface area contributed by atoms with Crippen molar-refractivity contribution in [2.24, 2.45) is 0 Å². The van der Waals surface area contributed by atoms with E-state index in [9.17, 15) is 9.59 Å². The summed E-state index contributed by atoms with van der Waals surface area (Å²) < 4.78 is 10.9. The van der Waals surface area contributed by atoms with E-state index in [2.05, 4.69) is 29.4 Å². The molecular formula is C20H27N3O4. The first-order valence-corrected chi connectivity index (χ1v) is 9.28. The van der Waals surface area contributed by atoms with Crippen LogP contribution in [-0.2, 0) is 14.3 Å². The van der Waals surface area contributed by atoms with Crippen molar-refractivity contribution in [3.63, 3.8) is 0 Å². The molecule has 0 saturated carbocycles. The predicted octanol–water partition coefficient (Wildman–Crippen LogP) is 1.97. The molecule has 7 heteroatoms. The van der Waals surface area contributed by atoms with Crippen LogP contribution in [-0.4, -0.2) is 55.3 Å². The summed E-state index contributed by atoms with van der Waals surface area (Å²) in [5.41, 5.74) is 1.68. The van der Waals surface area contributed by atoms with Crippen LogP contribution < -0.4 is 10.6 Å². The Labute approximate surface area is 159 Å². The molecule has 1 aromatic carbocycles. The zero-order valence-electron chi connectivity index (χ0n) is 16.1. The van der Waals surface area contributed by atoms with Gasteiger partial charge >= 0.3 is 12.0 Å². The lowest BCUT2D eigenvalue weighted by Gasteiger charge is -2.43. The summed E-state index contributed by atoms with van der Waals surface area (Å²) in [6.45, 7) is 8.63. The lowest BCUT2D eigenvalue weighted by molar-refractivity contribution is -0.139. The largest absolute Gasteiger partial charge is 0.463 e. The summed E-state index contributed by atoms with van der Waals surface area (Å²) in [6, 6.07) is 8.60. The van der Waals surface area contributed by atoms with Crippen molar-refractivity contribution in [2.75, 3.05) is 32.9 Å². The molecule has 3 rings (SSSR count). The van der Waals surface area contributed by atoms with Crippen molar-refractivity contribution < 1.29 is 19.1 Å². The number of nitrogens with one attached hydrogen (secondary N) is 2. The molecule has 2 N–H and O–H groups in total. The van der Waals surface area contributed by atoms with Gasteiger partial charge in [-0.3, -0.25) is 4.90 Å². The molecule has 0 spiro atoms. The van der Waals surface area contributed by atoms with Crippen LogP contribution in [0.1, 0.15) is 32.4 Å². The van der Waals surface area contributed by atoms with Crippen LogP contribution in [0.25, 0.3) is 0 Å². The Hall–Kier alpha value is -2.38. The minimum Gasteiger partial charge on any atom is -0.463 e. The molecule has 2 aliphatic heterocycles. The molecule has 146 valence electrons. The Morgan fingerprint density at radius 1 is 1.33 bits per heavy atom. The molecule has 1 unspecified atom stereocenters. The molecule has 2 aliphatic rings. The Kier molecular flexibility index (Phi) is 5.82. The molecule has 1 fully saturated rings. The highest BCUT2D eigenvalue weighted by Crippen LogP contribution is 2.29. The van der Waals surface area contributed by atoms with Crippen molar-refractivity contribution in [1.82, 2.24) is 15.5 Å². The van der Waals surface area contributed by atoms with Crippen LogP contribution >= 0.6 is 0 Å². The van der Waals surface area contributed by atoms with Gasteiger partial charge in [0.2, 0.25) is 0 Å². The number of benzene rings is 1. The summed E-state index contributed by atoms with van der Waals surface area (Å²) in [4.78, 5) is 27.3. The molecule has 2 amide bonds. The lowest BCUT2D eigenvalue weighted by atomic mass is 9.94. The smallest absolute Gasteiger partial charge is 0.338 e. The number of nitrogens with zero attached hydrogens (tertiary/aromatic N) is 1. The third-order valence-corrected chi connectivity index (χ3v) is 4.95. The van der Waals surface area contributed by atoms with Gasteiger partial charge in [0.05, 0.1) is 31.4 Å². The first kappa shape index (κ1) is 19.4. The van der Waals surface area contributed by atoms with Crippen LogP contribution in [0.3, 0.4) is 0 Å². The van der Waals surface area contributed by atoms with E-state index in [0.29, 0.717) is 31.0 Å². The van der Waals surface area contributed by atoms with E-state index in [1.807, 2.05) is 30.3 Å². The second-order valence-electron chi connectivity index (χ2n) is 7.34. The number of urea groups is 1. The lowest BCUT2D eigenvalue weighted by Crippen LogP contribution is -2.56. The minimum atomic E-state index is -0.543. The maximum atomic E-state index is 12.8. The third kappa shape index (κ3) is 4.31. The topological polar surface area (TPSA) is 79.9 Å². The van der Waals surface area contributed by atoms with Crippen LogP contribution in [0, 0.1) is 0 Å². The fraction of sp³-hybridized carbons (Fsp3) is 0.500. The number of carbonyl (C=O) groups excluding carboxylic acids is 2. The Morgan fingerprint density at radius 2 is 2.07 bits per heavy atom. The summed E-state index contributed by atoms with van der Waals surface area (Å²) >= 11 is 0. The number of esters is 1. The van der Waals surface area contributed by atoms with E-state index in [1.165, 1.54) is 0 Å². The molecule has 0 bridgehead atoms. The number of carbonyl (C=O) groups is 2. The van der Waals surface area contributed by atoms with Crippen LogP contribution in [0.4, 0.5) is 4.79 Å². The SMILES string of the molecule is CCOC(=O)C1=C(CN2CCOCC2(C)C)NC(=O)NC1c1ccccc1. The first-order chi connectivity index (χ1) is 12.9. The van der Waals surface area contributed by atoms with Gasteiger partial charge in [0.15, 0.2) is 0 Å². The first-order valence-electron chi connectivity index (χ1n) is 9.28.